The van der Waals surface area contributed by atoms with Crippen molar-refractivity contribution >= 4 is 99.0 Å². The highest BCUT2D eigenvalue weighted by atomic mass is 79.9. The van der Waals surface area contributed by atoms with Crippen molar-refractivity contribution in [2.45, 2.75) is 95.9 Å². The van der Waals surface area contributed by atoms with Crippen LogP contribution in [-0.4, -0.2) is 200 Å². The molecule has 7 atom stereocenters. The molecular formula is C57H79Br2N7O21P-. The van der Waals surface area contributed by atoms with Gasteiger partial charge in [0.2, 0.25) is 11.8 Å². The van der Waals surface area contributed by atoms with E-state index in [1.807, 2.05) is 0 Å². The topological polar surface area (TPSA) is 391 Å². The Morgan fingerprint density at radius 2 is 1.51 bits per heavy atom. The number of halogens is 2. The van der Waals surface area contributed by atoms with Crippen LogP contribution in [0.25, 0.3) is 0 Å². The molecule has 0 bridgehead atoms. The predicted molar refractivity (Wildman–Crippen MR) is 323 cm³/mol. The lowest BCUT2D eigenvalue weighted by molar-refractivity contribution is -0.230. The van der Waals surface area contributed by atoms with Gasteiger partial charge in [-0.05, 0) is 87.4 Å². The largest absolute Gasteiger partial charge is 0.756 e. The highest BCUT2D eigenvalue weighted by Gasteiger charge is 2.37. The molecule has 2 heterocycles. The normalized spacial score (nSPS) is 17.2. The van der Waals surface area contributed by atoms with Crippen LogP contribution in [0.4, 0.5) is 20.1 Å². The molecule has 1 aromatic carbocycles. The van der Waals surface area contributed by atoms with Crippen molar-refractivity contribution in [3.05, 3.63) is 99.6 Å². The lowest BCUT2D eigenvalue weighted by Gasteiger charge is -2.34. The van der Waals surface area contributed by atoms with E-state index >= 15 is 0 Å². The van der Waals surface area contributed by atoms with Crippen LogP contribution in [0.5, 0.6) is 0 Å². The van der Waals surface area contributed by atoms with Crippen LogP contribution < -0.4 is 26.6 Å². The number of nitrogens with two attached hydrogens (primary N) is 1. The van der Waals surface area contributed by atoms with Gasteiger partial charge in [-0.15, -0.1) is 0 Å². The van der Waals surface area contributed by atoms with E-state index in [4.69, 9.17) is 34.2 Å². The van der Waals surface area contributed by atoms with E-state index in [2.05, 4.69) is 52.3 Å². The molecule has 8 N–H and O–H groups in total. The first kappa shape index (κ1) is 75.8. The number of Topliss-reactive ketones (excluding diaryl/α,β-unsaturated/α-hetero) is 1. The number of carbonyl (C=O) groups is 9. The number of ketones is 1. The Balaban J connectivity index is 1.37. The summed E-state index contributed by atoms with van der Waals surface area (Å²) in [6, 6.07) is 4.80. The maximum atomic E-state index is 13.7. The number of amides is 8. The average Bonchev–Trinajstić information content (AvgIpc) is 3.36. The van der Waals surface area contributed by atoms with Crippen molar-refractivity contribution in [1.82, 2.24) is 25.3 Å². The number of ether oxygens (including phenoxy) is 6. The lowest BCUT2D eigenvalue weighted by atomic mass is 9.89. The van der Waals surface area contributed by atoms with Crippen LogP contribution >= 0.6 is 39.7 Å². The number of allylic oxidation sites excluding steroid dienone is 4. The molecule has 0 fully saturated rings. The molecule has 0 aromatic heterocycles. The summed E-state index contributed by atoms with van der Waals surface area (Å²) in [7, 11) is -2.38. The van der Waals surface area contributed by atoms with E-state index in [0.29, 0.717) is 24.1 Å². The zero-order valence-electron chi connectivity index (χ0n) is 49.6. The predicted octanol–water partition coefficient (Wildman–Crippen LogP) is 3.68. The number of primary amides is 1. The van der Waals surface area contributed by atoms with Crippen LogP contribution in [0.1, 0.15) is 64.9 Å². The highest BCUT2D eigenvalue weighted by Crippen LogP contribution is 2.38. The second kappa shape index (κ2) is 39.5. The number of nitrogens with zero attached hydrogens (tertiary/aromatic N) is 3. The number of aliphatic hydroxyl groups excluding tert-OH is 1. The monoisotopic (exact) mass is 1390 g/mol. The number of esters is 1. The minimum absolute atomic E-state index is 0.0471. The third-order valence-electron chi connectivity index (χ3n) is 12.9. The Morgan fingerprint density at radius 1 is 0.909 bits per heavy atom. The number of hydrogen-bond donors (Lipinski definition) is 7. The molecule has 2 aliphatic heterocycles. The second-order valence-corrected chi connectivity index (χ2v) is 23.2. The number of hydrogen-bond acceptors (Lipinski definition) is 20. The highest BCUT2D eigenvalue weighted by molar-refractivity contribution is 9.14. The molecule has 0 radical (unpaired) electrons. The Morgan fingerprint density at radius 3 is 2.11 bits per heavy atom. The summed E-state index contributed by atoms with van der Waals surface area (Å²) in [4.78, 5) is 137. The number of aliphatic hydroxyl groups is 2. The summed E-state index contributed by atoms with van der Waals surface area (Å²) >= 11 is 6.14. The fraction of sp³-hybridized carbons (Fsp3) is 0.526. The first-order chi connectivity index (χ1) is 41.6. The molecule has 88 heavy (non-hydrogen) atoms. The standard InChI is InChI=1S/C57H80Br2N7O21P/c1-38(2)50(63-46(69)22-29-81-31-33-83-34-32-82-30-27-66-52(72)48(58)49(59)53(66)73)44(68)35-40(13-12-24-61-54(60)74)51(71)62-41-19-17-39(18-20-41)37-85-56(76)65(5)26-25-64(4)55(75)84-28-10-8-6-7-9-14-42(67)36-45(87-88(78,79)80)57(3,77)23-21-43-15-11-16-47(70)86-43/h6-11,14,16-21,23,38,40,42-43,45,50,67,77H,12-13,15,22,24-37H2,1-5H3,(H,62,71)(H,63,69)(H3,60,61,74)(H2,78,79,80)/p-1/b7-6-,10-8+,14-9-,23-21+/t40-,42-,43+,45+,50+,57+/m1/s1. The number of likely N-dealkylation sites (N-methyl/N-ethyl adjacent to an activating group) is 2. The quantitative estimate of drug-likeness (QED) is 0.00937. The van der Waals surface area contributed by atoms with Crippen molar-refractivity contribution in [3.8, 4) is 0 Å². The molecule has 28 nitrogen and oxygen atoms in total. The smallest absolute Gasteiger partial charge is 0.409 e. The lowest BCUT2D eigenvalue weighted by Crippen LogP contribution is -2.45. The minimum atomic E-state index is -5.35. The SMILES string of the molecule is CC(C)[C@H](NC(=O)CCOCCOCCOCCN1C(=O)C(Br)=C(Br)C1=O)C(=O)C[C@@H](CCCNC(N)=O)C(=O)Nc1ccc(COC(=O)N(C)CCN(C)C(=O)OC/C=C/C=C\C=C/[C@@H](O)C[C@H](OP(=O)([O-])O)[C@@](C)(O)/C=C/[C@@H]2CC=CC(=O)O2)cc1. The molecule has 2 aliphatic rings. The molecule has 1 aromatic rings. The van der Waals surface area contributed by atoms with Crippen molar-refractivity contribution in [2.24, 2.45) is 17.6 Å². The number of phosphoric ester groups is 1. The number of anilines is 1. The number of benzene rings is 1. The number of urea groups is 1. The van der Waals surface area contributed by atoms with Crippen LogP contribution in [0.2, 0.25) is 0 Å². The Kier molecular flexibility index (Phi) is 34.1. The van der Waals surface area contributed by atoms with Crippen LogP contribution in [0.15, 0.2) is 94.0 Å². The van der Waals surface area contributed by atoms with E-state index in [9.17, 15) is 67.7 Å². The molecule has 0 spiro atoms. The van der Waals surface area contributed by atoms with E-state index in [1.54, 1.807) is 56.3 Å². The van der Waals surface area contributed by atoms with Gasteiger partial charge in [-0.2, -0.15) is 0 Å². The maximum Gasteiger partial charge on any atom is 0.409 e. The third kappa shape index (κ3) is 29.7. The van der Waals surface area contributed by atoms with Gasteiger partial charge in [0.15, 0.2) is 5.78 Å². The van der Waals surface area contributed by atoms with Gasteiger partial charge in [0.1, 0.15) is 40.0 Å². The molecule has 8 amide bonds. The minimum Gasteiger partial charge on any atom is -0.756 e. The number of phosphoric acid groups is 1. The Hall–Kier alpha value is -6.44. The fourth-order valence-electron chi connectivity index (χ4n) is 7.96. The molecule has 3 rings (SSSR count). The summed E-state index contributed by atoms with van der Waals surface area (Å²) in [5.41, 5.74) is 4.16. The first-order valence-corrected chi connectivity index (χ1v) is 31.0. The third-order valence-corrected chi connectivity index (χ3v) is 15.4. The van der Waals surface area contributed by atoms with Gasteiger partial charge in [0.05, 0.1) is 58.3 Å². The number of carbonyl (C=O) groups excluding carboxylic acids is 9. The van der Waals surface area contributed by atoms with E-state index in [0.717, 1.165) is 11.0 Å². The molecule has 0 saturated carbocycles. The van der Waals surface area contributed by atoms with Crippen molar-refractivity contribution < 1.29 is 101 Å². The van der Waals surface area contributed by atoms with Gasteiger partial charge in [0, 0.05) is 77.1 Å². The molecule has 31 heteroatoms. The van der Waals surface area contributed by atoms with Gasteiger partial charge in [0.25, 0.3) is 19.6 Å². The fourth-order valence-corrected chi connectivity index (χ4v) is 9.35. The van der Waals surface area contributed by atoms with Gasteiger partial charge < -0.3 is 84.4 Å². The zero-order valence-corrected chi connectivity index (χ0v) is 53.7. The van der Waals surface area contributed by atoms with Gasteiger partial charge in [-0.3, -0.25) is 33.4 Å². The second-order valence-electron chi connectivity index (χ2n) is 20.5. The molecule has 1 unspecified atom stereocenters. The number of rotatable bonds is 40. The first-order valence-electron chi connectivity index (χ1n) is 27.9. The number of imide groups is 1. The van der Waals surface area contributed by atoms with Gasteiger partial charge in [-0.1, -0.05) is 68.5 Å². The maximum absolute atomic E-state index is 13.7. The molecular weight excluding hydrogens is 1310 g/mol. The number of nitrogens with one attached hydrogen (secondary N) is 3. The summed E-state index contributed by atoms with van der Waals surface area (Å²) < 4.78 is 48.7. The van der Waals surface area contributed by atoms with Crippen molar-refractivity contribution in [1.29, 1.82) is 0 Å². The summed E-state index contributed by atoms with van der Waals surface area (Å²) in [6.07, 6.45) is 9.20. The average molecular weight is 1390 g/mol. The van der Waals surface area contributed by atoms with Gasteiger partial charge >= 0.3 is 24.2 Å². The van der Waals surface area contributed by atoms with Crippen LogP contribution in [-0.2, 0) is 72.9 Å². The van der Waals surface area contributed by atoms with Crippen molar-refractivity contribution in [2.75, 3.05) is 91.8 Å². The number of cyclic esters (lactones) is 1. The van der Waals surface area contributed by atoms with Crippen LogP contribution in [0, 0.1) is 11.8 Å². The summed E-state index contributed by atoms with van der Waals surface area (Å²) in [5.74, 6) is -3.95. The zero-order chi connectivity index (χ0) is 65.4. The van der Waals surface area contributed by atoms with Gasteiger partial charge in [-0.25, -0.2) is 19.2 Å². The van der Waals surface area contributed by atoms with E-state index in [1.165, 1.54) is 67.3 Å². The molecule has 0 saturated heterocycles. The van der Waals surface area contributed by atoms with Crippen molar-refractivity contribution in [3.63, 3.8) is 0 Å². The molecule has 488 valence electrons. The summed E-state index contributed by atoms with van der Waals surface area (Å²) in [5, 5.41) is 29.5. The van der Waals surface area contributed by atoms with E-state index in [-0.39, 0.29) is 119 Å². The van der Waals surface area contributed by atoms with Crippen LogP contribution in [0.3, 0.4) is 0 Å². The Labute approximate surface area is 527 Å². The van der Waals surface area contributed by atoms with E-state index < -0.39 is 97.9 Å². The molecule has 0 aliphatic carbocycles. The summed E-state index contributed by atoms with van der Waals surface area (Å²) in [6.45, 7) is 5.92. The Bertz CT molecular complexity index is 2730.